The molecule has 0 bridgehead atoms. The zero-order valence-corrected chi connectivity index (χ0v) is 13.1. The van der Waals surface area contributed by atoms with Crippen molar-refractivity contribution in [3.05, 3.63) is 35.4 Å². The van der Waals surface area contributed by atoms with Crippen molar-refractivity contribution in [2.45, 2.75) is 30.3 Å². The Morgan fingerprint density at radius 1 is 1.45 bits per heavy atom. The van der Waals surface area contributed by atoms with E-state index in [0.717, 1.165) is 18.6 Å². The van der Waals surface area contributed by atoms with E-state index >= 15 is 0 Å². The van der Waals surface area contributed by atoms with Gasteiger partial charge in [0.05, 0.1) is 17.4 Å². The van der Waals surface area contributed by atoms with Gasteiger partial charge in [0, 0.05) is 11.3 Å². The SMILES string of the molecule is CC1(CNS(=O)(=O)Cc2ccccc2C#N)CCCS1. The third kappa shape index (κ3) is 3.98. The molecule has 1 saturated heterocycles. The highest BCUT2D eigenvalue weighted by molar-refractivity contribution is 8.01. The van der Waals surface area contributed by atoms with Crippen molar-refractivity contribution in [1.29, 1.82) is 5.26 Å². The quantitative estimate of drug-likeness (QED) is 0.905. The van der Waals surface area contributed by atoms with Crippen molar-refractivity contribution in [3.8, 4) is 6.07 Å². The number of nitriles is 1. The van der Waals surface area contributed by atoms with Crippen molar-refractivity contribution in [2.75, 3.05) is 12.3 Å². The molecule has 1 aliphatic rings. The highest BCUT2D eigenvalue weighted by Gasteiger charge is 2.30. The summed E-state index contributed by atoms with van der Waals surface area (Å²) in [7, 11) is -3.41. The Balaban J connectivity index is 2.02. The molecule has 1 fully saturated rings. The monoisotopic (exact) mass is 310 g/mol. The molecule has 6 heteroatoms. The smallest absolute Gasteiger partial charge is 0.214 e. The van der Waals surface area contributed by atoms with Crippen LogP contribution >= 0.6 is 11.8 Å². The molecule has 1 aromatic rings. The maximum atomic E-state index is 12.1. The van der Waals surface area contributed by atoms with E-state index in [9.17, 15) is 8.42 Å². The third-order valence-corrected chi connectivity index (χ3v) is 6.26. The van der Waals surface area contributed by atoms with Gasteiger partial charge in [-0.2, -0.15) is 17.0 Å². The molecule has 1 unspecified atom stereocenters. The molecule has 2 rings (SSSR count). The summed E-state index contributed by atoms with van der Waals surface area (Å²) >= 11 is 1.82. The van der Waals surface area contributed by atoms with Crippen molar-refractivity contribution < 1.29 is 8.42 Å². The van der Waals surface area contributed by atoms with Crippen LogP contribution in [0.25, 0.3) is 0 Å². The Morgan fingerprint density at radius 3 is 2.85 bits per heavy atom. The zero-order valence-electron chi connectivity index (χ0n) is 11.4. The first kappa shape index (κ1) is 15.4. The topological polar surface area (TPSA) is 70.0 Å². The molecule has 1 aromatic carbocycles. The molecular weight excluding hydrogens is 292 g/mol. The fraction of sp³-hybridized carbons (Fsp3) is 0.500. The lowest BCUT2D eigenvalue weighted by molar-refractivity contribution is 0.552. The van der Waals surface area contributed by atoms with E-state index < -0.39 is 10.0 Å². The van der Waals surface area contributed by atoms with Crippen LogP contribution in [0.5, 0.6) is 0 Å². The van der Waals surface area contributed by atoms with Gasteiger partial charge in [-0.1, -0.05) is 18.2 Å². The van der Waals surface area contributed by atoms with Crippen LogP contribution in [0.2, 0.25) is 0 Å². The van der Waals surface area contributed by atoms with E-state index in [1.807, 2.05) is 17.8 Å². The van der Waals surface area contributed by atoms with Gasteiger partial charge in [-0.25, -0.2) is 13.1 Å². The number of nitrogens with one attached hydrogen (secondary N) is 1. The maximum Gasteiger partial charge on any atom is 0.215 e. The van der Waals surface area contributed by atoms with E-state index in [-0.39, 0.29) is 10.5 Å². The first-order valence-corrected chi connectivity index (χ1v) is 9.17. The van der Waals surface area contributed by atoms with Crippen LogP contribution in [0, 0.1) is 11.3 Å². The van der Waals surface area contributed by atoms with Gasteiger partial charge in [-0.15, -0.1) is 0 Å². The van der Waals surface area contributed by atoms with Gasteiger partial charge in [-0.3, -0.25) is 0 Å². The number of nitrogens with zero attached hydrogens (tertiary/aromatic N) is 1. The van der Waals surface area contributed by atoms with Crippen LogP contribution in [0.1, 0.15) is 30.9 Å². The number of hydrogen-bond acceptors (Lipinski definition) is 4. The van der Waals surface area contributed by atoms with Crippen molar-refractivity contribution in [1.82, 2.24) is 4.72 Å². The highest BCUT2D eigenvalue weighted by atomic mass is 32.2. The summed E-state index contributed by atoms with van der Waals surface area (Å²) in [4.78, 5) is 0. The lowest BCUT2D eigenvalue weighted by Gasteiger charge is -2.22. The largest absolute Gasteiger partial charge is 0.215 e. The lowest BCUT2D eigenvalue weighted by Crippen LogP contribution is -2.37. The van der Waals surface area contributed by atoms with E-state index in [4.69, 9.17) is 5.26 Å². The summed E-state index contributed by atoms with van der Waals surface area (Å²) in [6.45, 7) is 2.55. The van der Waals surface area contributed by atoms with Gasteiger partial charge < -0.3 is 0 Å². The Labute approximate surface area is 124 Å². The summed E-state index contributed by atoms with van der Waals surface area (Å²) in [6.07, 6.45) is 2.18. The Hall–Kier alpha value is -1.03. The average molecular weight is 310 g/mol. The van der Waals surface area contributed by atoms with Crippen molar-refractivity contribution in [3.63, 3.8) is 0 Å². The number of benzene rings is 1. The minimum atomic E-state index is -3.41. The summed E-state index contributed by atoms with van der Waals surface area (Å²) in [5, 5.41) is 8.99. The first-order chi connectivity index (χ1) is 9.44. The van der Waals surface area contributed by atoms with Crippen molar-refractivity contribution >= 4 is 21.8 Å². The molecule has 0 saturated carbocycles. The maximum absolute atomic E-state index is 12.1. The molecule has 1 aliphatic heterocycles. The zero-order chi connectivity index (χ0) is 14.6. The molecule has 108 valence electrons. The molecule has 1 N–H and O–H groups in total. The second-order valence-electron chi connectivity index (χ2n) is 5.25. The number of hydrogen-bond donors (Lipinski definition) is 1. The fourth-order valence-corrected chi connectivity index (χ4v) is 4.89. The van der Waals surface area contributed by atoms with Crippen molar-refractivity contribution in [2.24, 2.45) is 0 Å². The van der Waals surface area contributed by atoms with Gasteiger partial charge in [0.15, 0.2) is 0 Å². The van der Waals surface area contributed by atoms with Crippen LogP contribution in [-0.2, 0) is 15.8 Å². The second kappa shape index (κ2) is 6.17. The second-order valence-corrected chi connectivity index (χ2v) is 8.74. The fourth-order valence-electron chi connectivity index (χ4n) is 2.25. The number of sulfonamides is 1. The van der Waals surface area contributed by atoms with Crippen LogP contribution in [0.3, 0.4) is 0 Å². The van der Waals surface area contributed by atoms with E-state index in [1.54, 1.807) is 24.3 Å². The van der Waals surface area contributed by atoms with Gasteiger partial charge in [0.25, 0.3) is 0 Å². The molecule has 0 spiro atoms. The summed E-state index contributed by atoms with van der Waals surface area (Å²) in [5.74, 6) is 0.951. The first-order valence-electron chi connectivity index (χ1n) is 6.53. The minimum absolute atomic E-state index is 0.00180. The number of rotatable bonds is 5. The molecular formula is C14H18N2O2S2. The highest BCUT2D eigenvalue weighted by Crippen LogP contribution is 2.37. The average Bonchev–Trinajstić information content (AvgIpc) is 2.85. The molecule has 0 amide bonds. The van der Waals surface area contributed by atoms with Gasteiger partial charge in [-0.05, 0) is 37.1 Å². The molecule has 4 nitrogen and oxygen atoms in total. The third-order valence-electron chi connectivity index (χ3n) is 3.45. The molecule has 1 atom stereocenters. The van der Waals surface area contributed by atoms with Gasteiger partial charge in [0.1, 0.15) is 0 Å². The van der Waals surface area contributed by atoms with Crippen LogP contribution in [-0.4, -0.2) is 25.5 Å². The summed E-state index contributed by atoms with van der Waals surface area (Å²) in [5.41, 5.74) is 0.964. The lowest BCUT2D eigenvalue weighted by atomic mass is 10.1. The molecule has 0 radical (unpaired) electrons. The molecule has 20 heavy (non-hydrogen) atoms. The Kier molecular flexibility index (Phi) is 4.74. The van der Waals surface area contributed by atoms with Crippen LogP contribution < -0.4 is 4.72 Å². The standard InChI is InChI=1S/C14H18N2O2S2/c1-14(7-4-8-19-14)11-16-20(17,18)10-13-6-3-2-5-12(13)9-15/h2-3,5-6,16H,4,7-8,10-11H2,1H3. The minimum Gasteiger partial charge on any atom is -0.214 e. The van der Waals surface area contributed by atoms with Gasteiger partial charge in [0.2, 0.25) is 10.0 Å². The van der Waals surface area contributed by atoms with Crippen LogP contribution in [0.15, 0.2) is 24.3 Å². The predicted octanol–water partition coefficient (Wildman–Crippen LogP) is 2.26. The van der Waals surface area contributed by atoms with E-state index in [1.165, 1.54) is 0 Å². The van der Waals surface area contributed by atoms with E-state index in [2.05, 4.69) is 11.6 Å². The Morgan fingerprint density at radius 2 is 2.20 bits per heavy atom. The van der Waals surface area contributed by atoms with Crippen LogP contribution in [0.4, 0.5) is 0 Å². The number of thioether (sulfide) groups is 1. The predicted molar refractivity (Wildman–Crippen MR) is 81.9 cm³/mol. The van der Waals surface area contributed by atoms with Gasteiger partial charge >= 0.3 is 0 Å². The molecule has 0 aliphatic carbocycles. The molecule has 0 aromatic heterocycles. The summed E-state index contributed by atoms with van der Waals surface area (Å²) in [6, 6.07) is 8.83. The Bertz CT molecular complexity index is 614. The molecule has 1 heterocycles. The normalized spacial score (nSPS) is 22.6. The summed E-state index contributed by atoms with van der Waals surface area (Å²) < 4.78 is 27.0. The van der Waals surface area contributed by atoms with E-state index in [0.29, 0.717) is 17.7 Å².